The van der Waals surface area contributed by atoms with Crippen molar-refractivity contribution in [3.8, 4) is 0 Å². The second-order valence-electron chi connectivity index (χ2n) is 25.1. The Hall–Kier alpha value is -4.38. The van der Waals surface area contributed by atoms with Gasteiger partial charge in [0.05, 0.1) is 22.8 Å². The van der Waals surface area contributed by atoms with Gasteiger partial charge in [0.15, 0.2) is 0 Å². The summed E-state index contributed by atoms with van der Waals surface area (Å²) in [7, 11) is 0. The molecule has 4 saturated heterocycles. The number of hydrogen-bond acceptors (Lipinski definition) is 17. The van der Waals surface area contributed by atoms with Gasteiger partial charge in [0, 0.05) is 127 Å². The molecular formula is C73H103N18O8Pr3. The van der Waals surface area contributed by atoms with Crippen molar-refractivity contribution in [1.29, 1.82) is 0 Å². The van der Waals surface area contributed by atoms with Crippen LogP contribution in [0.25, 0.3) is 0 Å². The number of nitrogens with zero attached hydrogens (tertiary/aromatic N) is 18. The summed E-state index contributed by atoms with van der Waals surface area (Å²) in [5, 5.41) is 106. The fourth-order valence-corrected chi connectivity index (χ4v) is 10.3. The molecule has 26 nitrogen and oxygen atoms in total. The minimum atomic E-state index is -1.68. The van der Waals surface area contributed by atoms with Crippen LogP contribution in [0, 0.1) is 249 Å². The van der Waals surface area contributed by atoms with E-state index in [-0.39, 0.29) is 124 Å². The van der Waals surface area contributed by atoms with Crippen molar-refractivity contribution in [3.05, 3.63) is 206 Å². The molecule has 0 atom stereocenters. The average molecular weight is 1780 g/mol. The van der Waals surface area contributed by atoms with E-state index in [9.17, 15) is 20.4 Å². The number of hydrogen-bond donors (Lipinski definition) is 0. The van der Waals surface area contributed by atoms with E-state index in [2.05, 4.69) is 71.4 Å². The van der Waals surface area contributed by atoms with E-state index in [4.69, 9.17) is 18.9 Å². The van der Waals surface area contributed by atoms with E-state index in [1.54, 1.807) is 0 Å². The Bertz CT molecular complexity index is 3240. The van der Waals surface area contributed by atoms with Crippen LogP contribution in [0.5, 0.6) is 0 Å². The van der Waals surface area contributed by atoms with Crippen LogP contribution in [0.4, 0.5) is 0 Å². The van der Waals surface area contributed by atoms with Crippen LogP contribution in [-0.4, -0.2) is 117 Å². The molecule has 0 saturated carbocycles. The summed E-state index contributed by atoms with van der Waals surface area (Å²) in [4.78, 5) is 0. The van der Waals surface area contributed by atoms with Crippen LogP contribution >= 0.6 is 0 Å². The van der Waals surface area contributed by atoms with Gasteiger partial charge in [-0.3, -0.25) is 18.7 Å². The third kappa shape index (κ3) is 33.2. The molecule has 9 aromatic rings. The molecule has 542 valence electrons. The second kappa shape index (κ2) is 47.3. The van der Waals surface area contributed by atoms with Gasteiger partial charge >= 0.3 is 124 Å². The fraction of sp³-hybridized carbons (Fsp3) is 0.521. The molecule has 6 aliphatic rings. The molecule has 4 aliphatic heterocycles. The molecule has 102 heavy (non-hydrogen) atoms. The summed E-state index contributed by atoms with van der Waals surface area (Å²) in [6.07, 6.45) is 21.1. The maximum absolute atomic E-state index is 12.9. The molecule has 0 bridgehead atoms. The van der Waals surface area contributed by atoms with E-state index in [1.807, 2.05) is 179 Å². The summed E-state index contributed by atoms with van der Waals surface area (Å²) >= 11 is 0. The minimum Gasteiger partial charge on any atom is -0.826 e. The zero-order chi connectivity index (χ0) is 72.8. The van der Waals surface area contributed by atoms with E-state index in [1.165, 1.54) is 119 Å². The molecule has 4 fully saturated rings. The molecule has 0 aromatic carbocycles. The van der Waals surface area contributed by atoms with Crippen LogP contribution < -0.4 is 45.9 Å². The molecule has 0 radical (unpaired) electrons. The van der Waals surface area contributed by atoms with E-state index < -0.39 is 22.9 Å². The van der Waals surface area contributed by atoms with Crippen molar-refractivity contribution >= 4 is 0 Å². The van der Waals surface area contributed by atoms with Gasteiger partial charge in [0.1, 0.15) is 0 Å². The van der Waals surface area contributed by atoms with E-state index in [0.29, 0.717) is 0 Å². The van der Waals surface area contributed by atoms with Crippen molar-refractivity contribution in [3.63, 3.8) is 0 Å². The van der Waals surface area contributed by atoms with Gasteiger partial charge in [0.25, 0.3) is 0 Å². The molecule has 15 rings (SSSR count). The molecule has 29 heteroatoms. The first kappa shape index (κ1) is 93.7. The summed E-state index contributed by atoms with van der Waals surface area (Å²) in [5.41, 5.74) is 9.37. The Kier molecular flexibility index (Phi) is 43.5. The molecule has 13 heterocycles. The van der Waals surface area contributed by atoms with Crippen LogP contribution in [0.2, 0.25) is 0 Å². The van der Waals surface area contributed by atoms with Crippen molar-refractivity contribution in [2.45, 2.75) is 199 Å². The van der Waals surface area contributed by atoms with E-state index >= 15 is 0 Å². The first-order valence-corrected chi connectivity index (χ1v) is 33.7. The largest absolute Gasteiger partial charge is 3.00 e. The zero-order valence-electron chi connectivity index (χ0n) is 63.2. The van der Waals surface area contributed by atoms with Crippen LogP contribution in [0.3, 0.4) is 0 Å². The maximum Gasteiger partial charge on any atom is 3.00 e. The number of ether oxygens (including phenoxy) is 4. The van der Waals surface area contributed by atoms with Crippen molar-refractivity contribution in [1.82, 2.24) is 90.1 Å². The topological polar surface area (TPSA) is 335 Å². The molecular weight excluding hydrogens is 1680 g/mol. The number of rotatable bonds is 4. The Balaban J connectivity index is 0.000000403. The van der Waals surface area contributed by atoms with Gasteiger partial charge in [0.2, 0.25) is 0 Å². The Labute approximate surface area is 702 Å². The quantitative estimate of drug-likeness (QED) is 0.163. The van der Waals surface area contributed by atoms with Crippen molar-refractivity contribution < 1.29 is 163 Å². The first-order chi connectivity index (χ1) is 46.9. The zero-order valence-corrected chi connectivity index (χ0v) is 74.3. The SMILES string of the molecule is C1CCOC1.C1CCOC1.C1CCOC1.C1CCOC1.Cc1cc(C)[n-]n1.Cc1cc(C)[n-]n1.Cc1cc(C)[n-]n1.Cc1cc(C)[n-]n1.Cc1cc(C)[n-]n1.Cc1cc(C)n(C2([O-])C=CC([O-])(n3nc(C)cc3C)C=C2)n1.Cc1cc(C)n(C2([O-])C=CC([O-])(n3nc(C)cc3C)C=C2)n1.[Pr+3].[Pr+3].[Pr+3]. The summed E-state index contributed by atoms with van der Waals surface area (Å²) in [5.74, 6) is 0. The van der Waals surface area contributed by atoms with Gasteiger partial charge < -0.3 is 90.4 Å². The molecule has 9 aromatic heterocycles. The monoisotopic (exact) mass is 1780 g/mol. The number of aryl methyl sites for hydroxylation is 18. The Morgan fingerprint density at radius 1 is 0.255 bits per heavy atom. The first-order valence-electron chi connectivity index (χ1n) is 33.7. The summed E-state index contributed by atoms with van der Waals surface area (Å²) in [6, 6.07) is 17.1. The normalized spacial score (nSPS) is 19.8. The van der Waals surface area contributed by atoms with Gasteiger partial charge in [-0.05, 0) is 166 Å². The predicted octanol–water partition coefficient (Wildman–Crippen LogP) is 6.80. The second-order valence-corrected chi connectivity index (χ2v) is 25.1. The molecule has 0 spiro atoms. The predicted molar refractivity (Wildman–Crippen MR) is 371 cm³/mol. The third-order valence-corrected chi connectivity index (χ3v) is 14.8. The van der Waals surface area contributed by atoms with Gasteiger partial charge in [-0.25, -0.2) is 0 Å². The average Bonchev–Trinajstić information content (AvgIpc) is 1.48. The van der Waals surface area contributed by atoms with Crippen LogP contribution in [0.1, 0.15) is 154 Å². The van der Waals surface area contributed by atoms with Gasteiger partial charge in [-0.2, -0.15) is 20.4 Å². The molecule has 0 amide bonds. The third-order valence-electron chi connectivity index (χ3n) is 14.8. The fourth-order valence-electron chi connectivity index (χ4n) is 10.3. The molecule has 2 aliphatic carbocycles. The Morgan fingerprint density at radius 2 is 0.402 bits per heavy atom. The van der Waals surface area contributed by atoms with Crippen LogP contribution in [0.15, 0.2) is 103 Å². The van der Waals surface area contributed by atoms with Gasteiger partial charge in [-0.1, -0.05) is 114 Å². The standard InChI is InChI=1S/2C16H18N4O2.5C5H7N2.4C4H8O.3Pr/c2*1-11-9-13(3)19(17-11)15(21)5-7-16(22,8-6-15)20-14(4)10-12(2)18-20;5*1-4-3-5(2)7-6-4;4*1-2-4-5-3-1;;;/h2*5-10H,1-4H3;5*3H,1-2H3;4*1-4H2;;;/q2*-2;5*-1;;;;;3*+3. The number of aromatic nitrogens is 18. The summed E-state index contributed by atoms with van der Waals surface area (Å²) in [6.45, 7) is 41.9. The van der Waals surface area contributed by atoms with E-state index in [0.717, 1.165) is 155 Å². The van der Waals surface area contributed by atoms with Crippen molar-refractivity contribution in [2.75, 3.05) is 52.9 Å². The maximum atomic E-state index is 12.9. The molecule has 0 unspecified atom stereocenters. The molecule has 0 N–H and O–H groups in total. The Morgan fingerprint density at radius 3 is 0.471 bits per heavy atom. The summed E-state index contributed by atoms with van der Waals surface area (Å²) < 4.78 is 25.3. The van der Waals surface area contributed by atoms with Crippen LogP contribution in [-0.2, 0) is 41.8 Å². The van der Waals surface area contributed by atoms with Crippen molar-refractivity contribution in [2.24, 2.45) is 0 Å². The smallest absolute Gasteiger partial charge is 0.826 e. The van der Waals surface area contributed by atoms with Gasteiger partial charge in [-0.15, -0.1) is 28.5 Å². The minimum absolute atomic E-state index is 0.